The maximum absolute atomic E-state index is 13.1. The van der Waals surface area contributed by atoms with Gasteiger partial charge in [0.1, 0.15) is 11.6 Å². The number of rotatable bonds is 8. The number of pyridine rings is 1. The van der Waals surface area contributed by atoms with Crippen molar-refractivity contribution < 1.29 is 60.4 Å². The Morgan fingerprint density at radius 1 is 0.646 bits per heavy atom. The van der Waals surface area contributed by atoms with E-state index in [9.17, 15) is 5.11 Å². The van der Waals surface area contributed by atoms with Crippen LogP contribution in [0.4, 0.5) is 0 Å². The van der Waals surface area contributed by atoms with Crippen molar-refractivity contribution in [1.29, 1.82) is 0 Å². The minimum Gasteiger partial charge on any atom is -0.507 e. The largest absolute Gasteiger partial charge is 0.507 e. The molecule has 0 unspecified atom stereocenters. The third-order valence-corrected chi connectivity index (χ3v) is 11.8. The van der Waals surface area contributed by atoms with Crippen LogP contribution < -0.4 is 0 Å². The maximum atomic E-state index is 13.1. The molecule has 2 aromatic heterocycles. The average molecular weight is 1060 g/mol. The molecular formula is C60H64N3OPt-. The molecule has 5 heteroatoms. The summed E-state index contributed by atoms with van der Waals surface area (Å²) >= 11 is 0. The molecule has 8 aromatic rings. The zero-order chi connectivity index (χ0) is 66.9. The van der Waals surface area contributed by atoms with E-state index in [4.69, 9.17) is 39.3 Å². The van der Waals surface area contributed by atoms with Crippen LogP contribution in [0.2, 0.25) is 0 Å². The van der Waals surface area contributed by atoms with Gasteiger partial charge in [0.25, 0.3) is 0 Å². The van der Waals surface area contributed by atoms with Crippen molar-refractivity contribution in [2.24, 2.45) is 0 Å². The summed E-state index contributed by atoms with van der Waals surface area (Å²) in [6, 6.07) is 27.3. The summed E-state index contributed by atoms with van der Waals surface area (Å²) in [6.45, 7) is -16.1. The number of aromatic nitrogens is 3. The predicted octanol–water partition coefficient (Wildman–Crippen LogP) is 16.1. The molecule has 0 bridgehead atoms. The van der Waals surface area contributed by atoms with Gasteiger partial charge in [-0.25, -0.2) is 4.98 Å². The smallest absolute Gasteiger partial charge is 0.148 e. The van der Waals surface area contributed by atoms with Crippen molar-refractivity contribution in [3.8, 4) is 67.5 Å². The van der Waals surface area contributed by atoms with Gasteiger partial charge in [-0.15, -0.1) is 29.3 Å². The Kier molecular flexibility index (Phi) is 6.74. The van der Waals surface area contributed by atoms with Gasteiger partial charge in [-0.2, -0.15) is 0 Å². The van der Waals surface area contributed by atoms with E-state index < -0.39 is 128 Å². The van der Waals surface area contributed by atoms with Gasteiger partial charge in [0, 0.05) is 72.9 Å². The summed E-state index contributed by atoms with van der Waals surface area (Å²) in [4.78, 5) is 9.78. The number of phenols is 1. The summed E-state index contributed by atoms with van der Waals surface area (Å²) in [5.41, 5.74) is -9.83. The molecule has 0 fully saturated rings. The average Bonchev–Trinajstić information content (AvgIpc) is 0.826. The molecular weight excluding hydrogens is 974 g/mol. The van der Waals surface area contributed by atoms with E-state index in [1.54, 1.807) is 66.7 Å². The minimum absolute atomic E-state index is 0. The minimum atomic E-state index is -4.21. The number of aromatic hydroxyl groups is 1. The number of fused-ring (bicyclic) bond motifs is 1. The van der Waals surface area contributed by atoms with E-state index in [1.165, 1.54) is 22.9 Å². The molecule has 0 aliphatic rings. The van der Waals surface area contributed by atoms with Crippen molar-refractivity contribution >= 4 is 11.0 Å². The van der Waals surface area contributed by atoms with Crippen molar-refractivity contribution in [1.82, 2.24) is 14.5 Å². The first kappa shape index (κ1) is 24.8. The number of hydrogen-bond acceptors (Lipinski definition) is 3. The van der Waals surface area contributed by atoms with Crippen LogP contribution in [0.15, 0.2) is 133 Å². The van der Waals surface area contributed by atoms with E-state index >= 15 is 0 Å². The van der Waals surface area contributed by atoms with Crippen LogP contribution in [0.3, 0.4) is 0 Å². The Morgan fingerprint density at radius 2 is 1.34 bits per heavy atom. The standard InChI is InChI=1S/C60H64N3O.Pt/c1-14-60(12,13)44-27-28-52(48(35-44)40-19-16-15-17-20-40)63-53-22-18-21-47(54(53)62-56(63)49-36-46(58(6,7)8)37-50(55(49)64)59(9,10)11)42-31-43(33-45(32-42)57(3,4)5)51-34-41(29-30-61-51)39-25-23-38(2)24-26-39;/h15-30,32-37,64H,14H2,1-13H3;/q-1;/i2D3,6D3,7D3,8D3,9D3,10D3,11D3,23D,24D,25D,26D;. The molecule has 8 rings (SSSR count). The van der Waals surface area contributed by atoms with E-state index in [1.807, 2.05) is 53.7 Å². The Labute approximate surface area is 437 Å². The summed E-state index contributed by atoms with van der Waals surface area (Å²) in [5.74, 6) is -1.94. The number of phenolic OH excluding ortho intramolecular Hbond substituents is 1. The fraction of sp³-hybridized carbons (Fsp3) is 0.300. The van der Waals surface area contributed by atoms with Crippen LogP contribution in [0.1, 0.15) is 151 Å². The SMILES string of the molecule is [2H]c1c([2H])c(C([2H])([2H])[2H])c([2H])c([2H])c1-c1ccnc(-c2[c-]c(-c3cccc4c3nc(-c3cc(C(C([2H])([2H])[2H])(C([2H])([2H])[2H])C([2H])([2H])[2H])cc(C(C([2H])([2H])[2H])(C([2H])([2H])[2H])C([2H])([2H])[2H])c3O)n4-c3ccc(C(C)(C)CC)cc3-c3ccccc3)cc(C(C)(C)C)c2)c1.[Pt]. The van der Waals surface area contributed by atoms with Crippen molar-refractivity contribution in [2.75, 3.05) is 0 Å². The summed E-state index contributed by atoms with van der Waals surface area (Å²) in [7, 11) is 0. The molecule has 0 amide bonds. The molecule has 0 atom stereocenters. The number of para-hydroxylation sites is 1. The first-order chi connectivity index (χ1) is 40.5. The van der Waals surface area contributed by atoms with E-state index in [0.717, 1.165) is 5.56 Å². The van der Waals surface area contributed by atoms with Crippen LogP contribution in [0.5, 0.6) is 5.75 Å². The molecule has 0 saturated carbocycles. The van der Waals surface area contributed by atoms with Gasteiger partial charge in [-0.1, -0.05) is 184 Å². The third kappa shape index (κ3) is 9.43. The van der Waals surface area contributed by atoms with Gasteiger partial charge in [-0.3, -0.25) is 9.55 Å². The van der Waals surface area contributed by atoms with E-state index in [-0.39, 0.29) is 66.2 Å². The van der Waals surface area contributed by atoms with Crippen molar-refractivity contribution in [3.05, 3.63) is 167 Å². The molecule has 1 N–H and O–H groups in total. The second-order valence-corrected chi connectivity index (χ2v) is 17.8. The molecule has 0 aliphatic carbocycles. The molecule has 0 saturated heterocycles. The zero-order valence-electron chi connectivity index (χ0n) is 61.7. The first-order valence-electron chi connectivity index (χ1n) is 33.3. The van der Waals surface area contributed by atoms with Gasteiger partial charge in [-0.05, 0) is 93.1 Å². The van der Waals surface area contributed by atoms with Crippen LogP contribution in [0, 0.1) is 12.9 Å². The third-order valence-electron chi connectivity index (χ3n) is 11.8. The number of benzene rings is 6. The second-order valence-electron chi connectivity index (χ2n) is 17.8. The Bertz CT molecular complexity index is 3950. The molecule has 4 nitrogen and oxygen atoms in total. The Morgan fingerprint density at radius 3 is 2.02 bits per heavy atom. The van der Waals surface area contributed by atoms with Gasteiger partial charge in [0.2, 0.25) is 0 Å². The van der Waals surface area contributed by atoms with E-state index in [2.05, 4.69) is 11.1 Å². The quantitative estimate of drug-likeness (QED) is 0.154. The Hall–Kier alpha value is -5.57. The summed E-state index contributed by atoms with van der Waals surface area (Å²) in [6.07, 6.45) is 2.02. The number of nitrogens with zero attached hydrogens (tertiary/aromatic N) is 3. The van der Waals surface area contributed by atoms with Crippen molar-refractivity contribution in [3.63, 3.8) is 0 Å². The zero-order valence-corrected chi connectivity index (χ0v) is 39.0. The Balaban J connectivity index is 0.0000115. The van der Waals surface area contributed by atoms with E-state index in [0.29, 0.717) is 40.3 Å². The first-order valence-corrected chi connectivity index (χ1v) is 20.8. The fourth-order valence-electron chi connectivity index (χ4n) is 7.73. The molecule has 6 aromatic carbocycles. The fourth-order valence-corrected chi connectivity index (χ4v) is 7.73. The number of imidazole rings is 1. The van der Waals surface area contributed by atoms with Crippen LogP contribution >= 0.6 is 0 Å². The second kappa shape index (κ2) is 17.7. The normalized spacial score (nSPS) is 19.4. The molecule has 0 radical (unpaired) electrons. The number of hydrogen-bond donors (Lipinski definition) is 1. The molecule has 0 aliphatic heterocycles. The van der Waals surface area contributed by atoms with Crippen LogP contribution in [-0.4, -0.2) is 19.6 Å². The van der Waals surface area contributed by atoms with Crippen LogP contribution in [0.25, 0.3) is 72.7 Å². The van der Waals surface area contributed by atoms with Crippen LogP contribution in [-0.2, 0) is 42.7 Å². The summed E-state index contributed by atoms with van der Waals surface area (Å²) in [5, 5.41) is 13.1. The van der Waals surface area contributed by atoms with Gasteiger partial charge in [0.05, 0.1) is 27.8 Å². The molecule has 65 heavy (non-hydrogen) atoms. The monoisotopic (exact) mass is 1060 g/mol. The predicted molar refractivity (Wildman–Crippen MR) is 271 cm³/mol. The molecule has 336 valence electrons. The molecule has 2 heterocycles. The molecule has 0 spiro atoms. The van der Waals surface area contributed by atoms with Crippen molar-refractivity contribution in [2.45, 2.75) is 118 Å². The van der Waals surface area contributed by atoms with Gasteiger partial charge < -0.3 is 5.11 Å². The summed E-state index contributed by atoms with van der Waals surface area (Å²) < 4.78 is 219. The van der Waals surface area contributed by atoms with Gasteiger partial charge in [0.15, 0.2) is 0 Å². The maximum Gasteiger partial charge on any atom is 0.148 e. The topological polar surface area (TPSA) is 50.9 Å². The van der Waals surface area contributed by atoms with Gasteiger partial charge >= 0.3 is 0 Å².